The van der Waals surface area contributed by atoms with Crippen LogP contribution in [-0.4, -0.2) is 4.64 Å². The maximum Gasteiger partial charge on any atom is 0.123 e. The number of nitrogens with zero attached hydrogens (tertiary/aromatic N) is 1. The Hall–Kier alpha value is -1.26. The van der Waals surface area contributed by atoms with E-state index in [-0.39, 0.29) is 5.82 Å². The molecule has 1 aromatic rings. The molecular weight excluding hydrogens is 193 g/mol. The van der Waals surface area contributed by atoms with Gasteiger partial charge in [0.25, 0.3) is 0 Å². The summed E-state index contributed by atoms with van der Waals surface area (Å²) in [5.74, 6) is -0.252. The lowest BCUT2D eigenvalue weighted by Gasteiger charge is -2.07. The Balaban J connectivity index is 2.22. The van der Waals surface area contributed by atoms with E-state index in [1.165, 1.54) is 16.8 Å². The van der Waals surface area contributed by atoms with Crippen molar-refractivity contribution in [2.45, 2.75) is 0 Å². The number of rotatable bonds is 1. The SMILES string of the molecule is Fc1ccc(C2=CNN(Cl)N2)cc1. The zero-order chi connectivity index (χ0) is 9.26. The Morgan fingerprint density at radius 2 is 1.92 bits per heavy atom. The van der Waals surface area contributed by atoms with Crippen LogP contribution >= 0.6 is 11.8 Å². The van der Waals surface area contributed by atoms with Crippen LogP contribution in [0.5, 0.6) is 0 Å². The van der Waals surface area contributed by atoms with Crippen LogP contribution < -0.4 is 10.9 Å². The zero-order valence-corrected chi connectivity index (χ0v) is 7.35. The molecule has 0 atom stereocenters. The van der Waals surface area contributed by atoms with Crippen molar-refractivity contribution in [3.8, 4) is 0 Å². The van der Waals surface area contributed by atoms with Crippen molar-refractivity contribution >= 4 is 17.5 Å². The predicted molar refractivity (Wildman–Crippen MR) is 48.3 cm³/mol. The molecule has 0 fully saturated rings. The average molecular weight is 200 g/mol. The van der Waals surface area contributed by atoms with Crippen LogP contribution in [0.2, 0.25) is 0 Å². The van der Waals surface area contributed by atoms with E-state index in [9.17, 15) is 4.39 Å². The maximum absolute atomic E-state index is 12.6. The van der Waals surface area contributed by atoms with Crippen LogP contribution in [0.15, 0.2) is 30.5 Å². The van der Waals surface area contributed by atoms with Crippen molar-refractivity contribution in [3.63, 3.8) is 0 Å². The normalized spacial score (nSPS) is 16.3. The molecule has 0 spiro atoms. The fraction of sp³-hybridized carbons (Fsp3) is 0. The summed E-state index contributed by atoms with van der Waals surface area (Å²) < 4.78 is 13.8. The second kappa shape index (κ2) is 3.24. The number of hydrogen-bond donors (Lipinski definition) is 2. The van der Waals surface area contributed by atoms with Crippen LogP contribution in [0, 0.1) is 5.82 Å². The highest BCUT2D eigenvalue weighted by Crippen LogP contribution is 2.15. The quantitative estimate of drug-likeness (QED) is 0.673. The molecule has 2 N–H and O–H groups in total. The molecule has 0 aliphatic carbocycles. The van der Waals surface area contributed by atoms with Gasteiger partial charge in [-0.25, -0.2) is 4.39 Å². The second-order valence-corrected chi connectivity index (χ2v) is 2.92. The van der Waals surface area contributed by atoms with Gasteiger partial charge in [-0.15, -0.1) is 0 Å². The van der Waals surface area contributed by atoms with E-state index in [0.717, 1.165) is 11.3 Å². The standard InChI is InChI=1S/C8H7ClFN3/c9-13-11-5-8(12-13)6-1-3-7(10)4-2-6/h1-5,11-12H. The van der Waals surface area contributed by atoms with Crippen LogP contribution in [0.4, 0.5) is 4.39 Å². The molecule has 1 heterocycles. The van der Waals surface area contributed by atoms with E-state index < -0.39 is 0 Å². The molecule has 1 aliphatic heterocycles. The summed E-state index contributed by atoms with van der Waals surface area (Å²) in [5, 5.41) is 0. The Morgan fingerprint density at radius 1 is 1.23 bits per heavy atom. The van der Waals surface area contributed by atoms with Gasteiger partial charge < -0.3 is 0 Å². The van der Waals surface area contributed by atoms with E-state index in [2.05, 4.69) is 10.9 Å². The third-order valence-corrected chi connectivity index (χ3v) is 1.88. The highest BCUT2D eigenvalue weighted by atomic mass is 35.5. The third kappa shape index (κ3) is 1.74. The lowest BCUT2D eigenvalue weighted by molar-refractivity contribution is 0.371. The Kier molecular flexibility index (Phi) is 2.08. The van der Waals surface area contributed by atoms with Crippen LogP contribution in [0.25, 0.3) is 5.70 Å². The zero-order valence-electron chi connectivity index (χ0n) is 6.59. The Labute approximate surface area is 79.8 Å². The van der Waals surface area contributed by atoms with Gasteiger partial charge in [-0.2, -0.15) is 0 Å². The summed E-state index contributed by atoms with van der Waals surface area (Å²) in [6.45, 7) is 0. The van der Waals surface area contributed by atoms with Gasteiger partial charge in [0.05, 0.1) is 5.70 Å². The van der Waals surface area contributed by atoms with E-state index in [0.29, 0.717) is 0 Å². The molecule has 3 nitrogen and oxygen atoms in total. The van der Waals surface area contributed by atoms with Crippen molar-refractivity contribution in [1.29, 1.82) is 0 Å². The van der Waals surface area contributed by atoms with Crippen molar-refractivity contribution in [1.82, 2.24) is 15.5 Å². The second-order valence-electron chi connectivity index (χ2n) is 2.59. The molecule has 0 amide bonds. The summed E-state index contributed by atoms with van der Waals surface area (Å²) in [7, 11) is 0. The first kappa shape index (κ1) is 8.34. The molecule has 0 aromatic heterocycles. The molecular formula is C8H7ClFN3. The van der Waals surface area contributed by atoms with Gasteiger partial charge in [0, 0.05) is 23.5 Å². The molecule has 1 aliphatic rings. The van der Waals surface area contributed by atoms with E-state index in [1.54, 1.807) is 18.3 Å². The van der Waals surface area contributed by atoms with Crippen LogP contribution in [-0.2, 0) is 0 Å². The highest BCUT2D eigenvalue weighted by Gasteiger charge is 2.10. The smallest absolute Gasteiger partial charge is 0.123 e. The van der Waals surface area contributed by atoms with Crippen molar-refractivity contribution < 1.29 is 4.39 Å². The molecule has 68 valence electrons. The van der Waals surface area contributed by atoms with Crippen molar-refractivity contribution in [2.75, 3.05) is 0 Å². The molecule has 0 bridgehead atoms. The van der Waals surface area contributed by atoms with Gasteiger partial charge in [-0.1, -0.05) is 0 Å². The van der Waals surface area contributed by atoms with Gasteiger partial charge in [-0.3, -0.25) is 10.9 Å². The first-order chi connectivity index (χ1) is 6.25. The molecule has 0 saturated heterocycles. The molecule has 0 saturated carbocycles. The fourth-order valence-electron chi connectivity index (χ4n) is 1.07. The molecule has 5 heteroatoms. The third-order valence-electron chi connectivity index (χ3n) is 1.70. The minimum atomic E-state index is -0.252. The summed E-state index contributed by atoms with van der Waals surface area (Å²) >= 11 is 5.57. The van der Waals surface area contributed by atoms with Crippen molar-refractivity contribution in [3.05, 3.63) is 41.8 Å². The maximum atomic E-state index is 12.6. The molecule has 1 aromatic carbocycles. The van der Waals surface area contributed by atoms with Crippen molar-refractivity contribution in [2.24, 2.45) is 0 Å². The summed E-state index contributed by atoms with van der Waals surface area (Å²) in [4.78, 5) is 0. The van der Waals surface area contributed by atoms with E-state index in [1.807, 2.05) is 0 Å². The average Bonchev–Trinajstić information content (AvgIpc) is 2.53. The lowest BCUT2D eigenvalue weighted by Crippen LogP contribution is -2.28. The van der Waals surface area contributed by atoms with Gasteiger partial charge in [-0.05, 0) is 28.9 Å². The first-order valence-electron chi connectivity index (χ1n) is 3.70. The van der Waals surface area contributed by atoms with E-state index >= 15 is 0 Å². The van der Waals surface area contributed by atoms with Gasteiger partial charge in [0.2, 0.25) is 0 Å². The predicted octanol–water partition coefficient (Wildman–Crippen LogP) is 1.60. The number of benzene rings is 1. The summed E-state index contributed by atoms with van der Waals surface area (Å²) in [6.07, 6.45) is 1.69. The Bertz CT molecular complexity index is 336. The molecule has 0 radical (unpaired) electrons. The number of hydrogen-bond acceptors (Lipinski definition) is 3. The molecule has 0 unspecified atom stereocenters. The monoisotopic (exact) mass is 199 g/mol. The van der Waals surface area contributed by atoms with Crippen LogP contribution in [0.1, 0.15) is 5.56 Å². The number of hydrazine groups is 2. The molecule has 2 rings (SSSR count). The highest BCUT2D eigenvalue weighted by molar-refractivity contribution is 6.13. The van der Waals surface area contributed by atoms with Gasteiger partial charge >= 0.3 is 0 Å². The van der Waals surface area contributed by atoms with Gasteiger partial charge in [0.1, 0.15) is 5.82 Å². The van der Waals surface area contributed by atoms with E-state index in [4.69, 9.17) is 11.8 Å². The number of nitrogens with one attached hydrogen (secondary N) is 2. The minimum Gasteiger partial charge on any atom is -0.292 e. The number of halogens is 2. The fourth-order valence-corrected chi connectivity index (χ4v) is 1.21. The molecule has 13 heavy (non-hydrogen) atoms. The van der Waals surface area contributed by atoms with Crippen LogP contribution in [0.3, 0.4) is 0 Å². The van der Waals surface area contributed by atoms with Gasteiger partial charge in [0.15, 0.2) is 0 Å². The Morgan fingerprint density at radius 3 is 2.46 bits per heavy atom. The summed E-state index contributed by atoms with van der Waals surface area (Å²) in [5.41, 5.74) is 7.20. The first-order valence-corrected chi connectivity index (χ1v) is 4.04. The minimum absolute atomic E-state index is 0.252. The topological polar surface area (TPSA) is 27.3 Å². The lowest BCUT2D eigenvalue weighted by atomic mass is 10.2. The summed E-state index contributed by atoms with van der Waals surface area (Å²) in [6, 6.07) is 6.14. The largest absolute Gasteiger partial charge is 0.292 e.